The van der Waals surface area contributed by atoms with Gasteiger partial charge in [0.15, 0.2) is 0 Å². The predicted molar refractivity (Wildman–Crippen MR) is 81.5 cm³/mol. The molecule has 0 heterocycles. The van der Waals surface area contributed by atoms with Crippen LogP contribution < -0.4 is 15.2 Å². The largest absolute Gasteiger partial charge is 0.497 e. The highest BCUT2D eigenvalue weighted by Crippen LogP contribution is 2.30. The summed E-state index contributed by atoms with van der Waals surface area (Å²) in [7, 11) is 3.14. The van der Waals surface area contributed by atoms with Gasteiger partial charge in [-0.1, -0.05) is 18.2 Å². The van der Waals surface area contributed by atoms with Crippen LogP contribution in [-0.4, -0.2) is 14.2 Å². The van der Waals surface area contributed by atoms with Crippen LogP contribution in [0.1, 0.15) is 28.3 Å². The SMILES string of the molecule is COc1ccc(C(N)c2cc(C)c(OC)c(C)c2)c(F)c1. The topological polar surface area (TPSA) is 44.5 Å². The molecular weight excluding hydrogens is 269 g/mol. The summed E-state index contributed by atoms with van der Waals surface area (Å²) in [6.45, 7) is 3.90. The van der Waals surface area contributed by atoms with Crippen molar-refractivity contribution in [1.29, 1.82) is 0 Å². The van der Waals surface area contributed by atoms with Crippen molar-refractivity contribution in [2.24, 2.45) is 5.73 Å². The Labute approximate surface area is 124 Å². The molecule has 0 aliphatic carbocycles. The summed E-state index contributed by atoms with van der Waals surface area (Å²) in [6, 6.07) is 8.05. The molecule has 2 aromatic carbocycles. The molecule has 1 unspecified atom stereocenters. The Kier molecular flexibility index (Phi) is 4.48. The molecule has 2 N–H and O–H groups in total. The zero-order valence-electron chi connectivity index (χ0n) is 12.7. The van der Waals surface area contributed by atoms with E-state index in [2.05, 4.69) is 0 Å². The fourth-order valence-electron chi connectivity index (χ4n) is 2.55. The molecule has 0 amide bonds. The van der Waals surface area contributed by atoms with E-state index in [-0.39, 0.29) is 5.82 Å². The van der Waals surface area contributed by atoms with E-state index >= 15 is 0 Å². The molecule has 0 fully saturated rings. The molecule has 4 heteroatoms. The maximum Gasteiger partial charge on any atom is 0.132 e. The molecule has 3 nitrogen and oxygen atoms in total. The van der Waals surface area contributed by atoms with E-state index in [1.807, 2.05) is 26.0 Å². The quantitative estimate of drug-likeness (QED) is 0.936. The number of ether oxygens (including phenoxy) is 2. The molecule has 0 bridgehead atoms. The maximum absolute atomic E-state index is 14.1. The number of rotatable bonds is 4. The van der Waals surface area contributed by atoms with Crippen molar-refractivity contribution >= 4 is 0 Å². The van der Waals surface area contributed by atoms with Crippen LogP contribution in [0.15, 0.2) is 30.3 Å². The number of benzene rings is 2. The standard InChI is InChI=1S/C17H20FNO2/c1-10-7-12(8-11(2)17(10)21-4)16(19)14-6-5-13(20-3)9-15(14)18/h5-9,16H,19H2,1-4H3. The van der Waals surface area contributed by atoms with Crippen LogP contribution in [0.4, 0.5) is 4.39 Å². The third-order valence-corrected chi connectivity index (χ3v) is 3.59. The van der Waals surface area contributed by atoms with E-state index in [1.54, 1.807) is 19.2 Å². The van der Waals surface area contributed by atoms with Crippen molar-refractivity contribution in [2.45, 2.75) is 19.9 Å². The Bertz CT molecular complexity index is 632. The number of methoxy groups -OCH3 is 2. The van der Waals surface area contributed by atoms with Crippen molar-refractivity contribution in [2.75, 3.05) is 14.2 Å². The average Bonchev–Trinajstić information content (AvgIpc) is 2.46. The molecule has 0 saturated carbocycles. The van der Waals surface area contributed by atoms with Gasteiger partial charge in [0.1, 0.15) is 17.3 Å². The lowest BCUT2D eigenvalue weighted by Crippen LogP contribution is -2.14. The van der Waals surface area contributed by atoms with Gasteiger partial charge in [0.25, 0.3) is 0 Å². The normalized spacial score (nSPS) is 12.1. The summed E-state index contributed by atoms with van der Waals surface area (Å²) in [5.41, 5.74) is 9.48. The van der Waals surface area contributed by atoms with Gasteiger partial charge < -0.3 is 15.2 Å². The molecule has 0 aliphatic heterocycles. The van der Waals surface area contributed by atoms with Crippen molar-refractivity contribution in [3.05, 3.63) is 58.4 Å². The number of nitrogens with two attached hydrogens (primary N) is 1. The van der Waals surface area contributed by atoms with E-state index < -0.39 is 6.04 Å². The molecular formula is C17H20FNO2. The minimum atomic E-state index is -0.529. The van der Waals surface area contributed by atoms with Gasteiger partial charge in [0.2, 0.25) is 0 Å². The lowest BCUT2D eigenvalue weighted by molar-refractivity contribution is 0.408. The Morgan fingerprint density at radius 1 is 1.00 bits per heavy atom. The van der Waals surface area contributed by atoms with Gasteiger partial charge in [-0.2, -0.15) is 0 Å². The maximum atomic E-state index is 14.1. The minimum absolute atomic E-state index is 0.368. The van der Waals surface area contributed by atoms with E-state index in [1.165, 1.54) is 13.2 Å². The average molecular weight is 289 g/mol. The van der Waals surface area contributed by atoms with Crippen molar-refractivity contribution in [3.63, 3.8) is 0 Å². The first-order valence-corrected chi connectivity index (χ1v) is 6.72. The first-order valence-electron chi connectivity index (χ1n) is 6.72. The van der Waals surface area contributed by atoms with Crippen molar-refractivity contribution in [1.82, 2.24) is 0 Å². The molecule has 2 aromatic rings. The molecule has 0 radical (unpaired) electrons. The van der Waals surface area contributed by atoms with Gasteiger partial charge in [0.05, 0.1) is 20.3 Å². The third-order valence-electron chi connectivity index (χ3n) is 3.59. The van der Waals surface area contributed by atoms with Gasteiger partial charge in [-0.3, -0.25) is 0 Å². The second-order valence-electron chi connectivity index (χ2n) is 5.05. The highest BCUT2D eigenvalue weighted by molar-refractivity contribution is 5.46. The number of hydrogen-bond donors (Lipinski definition) is 1. The summed E-state index contributed by atoms with van der Waals surface area (Å²) in [5.74, 6) is 0.944. The van der Waals surface area contributed by atoms with E-state index in [4.69, 9.17) is 15.2 Å². The Morgan fingerprint density at radius 3 is 2.10 bits per heavy atom. The van der Waals surface area contributed by atoms with Crippen molar-refractivity contribution in [3.8, 4) is 11.5 Å². The van der Waals surface area contributed by atoms with Gasteiger partial charge in [-0.15, -0.1) is 0 Å². The number of aryl methyl sites for hydroxylation is 2. The fourth-order valence-corrected chi connectivity index (χ4v) is 2.55. The molecule has 112 valence electrons. The van der Waals surface area contributed by atoms with Gasteiger partial charge >= 0.3 is 0 Å². The molecule has 0 aliphatic rings. The van der Waals surface area contributed by atoms with Crippen molar-refractivity contribution < 1.29 is 13.9 Å². The van der Waals surface area contributed by atoms with E-state index in [0.717, 1.165) is 22.4 Å². The zero-order valence-corrected chi connectivity index (χ0v) is 12.7. The van der Waals surface area contributed by atoms with Gasteiger partial charge in [-0.25, -0.2) is 4.39 Å². The van der Waals surface area contributed by atoms with Gasteiger partial charge in [0, 0.05) is 11.6 Å². The lowest BCUT2D eigenvalue weighted by atomic mass is 9.95. The van der Waals surface area contributed by atoms with Crippen LogP contribution in [0.25, 0.3) is 0 Å². The van der Waals surface area contributed by atoms with E-state index in [0.29, 0.717) is 11.3 Å². The first-order chi connectivity index (χ1) is 9.97. The first kappa shape index (κ1) is 15.3. The Balaban J connectivity index is 2.42. The summed E-state index contributed by atoms with van der Waals surface area (Å²) in [4.78, 5) is 0. The van der Waals surface area contributed by atoms with Crippen LogP contribution in [0.2, 0.25) is 0 Å². The van der Waals surface area contributed by atoms with Crippen LogP contribution >= 0.6 is 0 Å². The molecule has 2 rings (SSSR count). The smallest absolute Gasteiger partial charge is 0.132 e. The molecule has 1 atom stereocenters. The summed E-state index contributed by atoms with van der Waals surface area (Å²) < 4.78 is 24.5. The number of halogens is 1. The summed E-state index contributed by atoms with van der Waals surface area (Å²) >= 11 is 0. The van der Waals surface area contributed by atoms with E-state index in [9.17, 15) is 4.39 Å². The molecule has 0 saturated heterocycles. The molecule has 0 aromatic heterocycles. The number of hydrogen-bond acceptors (Lipinski definition) is 3. The molecule has 0 spiro atoms. The summed E-state index contributed by atoms with van der Waals surface area (Å²) in [5, 5.41) is 0. The molecule has 21 heavy (non-hydrogen) atoms. The highest BCUT2D eigenvalue weighted by Gasteiger charge is 2.16. The minimum Gasteiger partial charge on any atom is -0.497 e. The van der Waals surface area contributed by atoms with Crippen LogP contribution in [-0.2, 0) is 0 Å². The third kappa shape index (κ3) is 3.00. The zero-order chi connectivity index (χ0) is 15.6. The summed E-state index contributed by atoms with van der Waals surface area (Å²) in [6.07, 6.45) is 0. The van der Waals surface area contributed by atoms with Gasteiger partial charge in [-0.05, 0) is 36.6 Å². The fraction of sp³-hybridized carbons (Fsp3) is 0.294. The van der Waals surface area contributed by atoms with Crippen LogP contribution in [0.3, 0.4) is 0 Å². The Morgan fingerprint density at radius 2 is 1.62 bits per heavy atom. The predicted octanol–water partition coefficient (Wildman–Crippen LogP) is 3.51. The second-order valence-corrected chi connectivity index (χ2v) is 5.05. The second kappa shape index (κ2) is 6.14. The monoisotopic (exact) mass is 289 g/mol. The highest BCUT2D eigenvalue weighted by atomic mass is 19.1. The van der Waals surface area contributed by atoms with Crippen LogP contribution in [0.5, 0.6) is 11.5 Å². The lowest BCUT2D eigenvalue weighted by Gasteiger charge is -2.17. The van der Waals surface area contributed by atoms with Crippen LogP contribution in [0, 0.1) is 19.7 Å². The Hall–Kier alpha value is -2.07.